The Hall–Kier alpha value is -1.12. The second kappa shape index (κ2) is 7.25. The molecule has 0 aromatic rings. The lowest BCUT2D eigenvalue weighted by Crippen LogP contribution is -2.43. The number of nitrogens with one attached hydrogen (secondary N) is 1. The molecule has 0 unspecified atom stereocenters. The maximum Gasteiger partial charge on any atom is 0.151 e. The predicted molar refractivity (Wildman–Crippen MR) is 77.7 cm³/mol. The Labute approximate surface area is 106 Å². The van der Waals surface area contributed by atoms with Crippen LogP contribution in [0.4, 0.5) is 0 Å². The Morgan fingerprint density at radius 2 is 2.00 bits per heavy atom. The maximum atomic E-state index is 4.13. The summed E-state index contributed by atoms with van der Waals surface area (Å²) < 4.78 is 0. The zero-order chi connectivity index (χ0) is 13.5. The molecule has 0 saturated heterocycles. The predicted octanol–water partition coefficient (Wildman–Crippen LogP) is 3.77. The third-order valence-electron chi connectivity index (χ3n) is 2.48. The van der Waals surface area contributed by atoms with Gasteiger partial charge in [0.1, 0.15) is 0 Å². The second-order valence-electron chi connectivity index (χ2n) is 5.54. The van der Waals surface area contributed by atoms with Gasteiger partial charge in [-0.1, -0.05) is 20.4 Å². The molecule has 0 amide bonds. The highest BCUT2D eigenvalue weighted by molar-refractivity contribution is 5.97. The summed E-state index contributed by atoms with van der Waals surface area (Å²) in [6, 6.07) is 0. The van der Waals surface area contributed by atoms with Gasteiger partial charge in [-0.15, -0.1) is 5.10 Å². The highest BCUT2D eigenvalue weighted by atomic mass is 15.3. The summed E-state index contributed by atoms with van der Waals surface area (Å²) in [4.78, 5) is 0. The van der Waals surface area contributed by atoms with Crippen LogP contribution in [-0.2, 0) is 0 Å². The third-order valence-corrected chi connectivity index (χ3v) is 2.48. The first-order valence-corrected chi connectivity index (χ1v) is 6.28. The lowest BCUT2D eigenvalue weighted by Gasteiger charge is -2.28. The summed E-state index contributed by atoms with van der Waals surface area (Å²) in [6.07, 6.45) is 3.97. The molecule has 0 aliphatic heterocycles. The molecular formula is C14H27N3. The zero-order valence-corrected chi connectivity index (χ0v) is 12.2. The minimum atomic E-state index is 0.0192. The molecule has 0 bridgehead atoms. The summed E-state index contributed by atoms with van der Waals surface area (Å²) in [6.45, 7) is 16.6. The lowest BCUT2D eigenvalue weighted by molar-refractivity contribution is 0.379. The van der Waals surface area contributed by atoms with Crippen LogP contribution in [-0.4, -0.2) is 17.6 Å². The van der Waals surface area contributed by atoms with Gasteiger partial charge in [-0.2, -0.15) is 5.10 Å². The largest absolute Gasteiger partial charge is 0.364 e. The van der Waals surface area contributed by atoms with E-state index in [-0.39, 0.29) is 5.54 Å². The normalized spacial score (nSPS) is 13.5. The summed E-state index contributed by atoms with van der Waals surface area (Å²) in [5.74, 6) is 1.49. The average molecular weight is 237 g/mol. The van der Waals surface area contributed by atoms with Gasteiger partial charge < -0.3 is 5.32 Å². The highest BCUT2D eigenvalue weighted by Crippen LogP contribution is 2.16. The molecule has 0 atom stereocenters. The van der Waals surface area contributed by atoms with Crippen molar-refractivity contribution in [1.82, 2.24) is 5.32 Å². The standard InChI is InChI=1S/C14H27N3/c1-8-15-17-13(12(4)5)16-14(6,7)10-9-11(2)3/h8,11H,4,9-10H2,1-3,5-7H3,(H,16,17)/b15-8-. The fourth-order valence-electron chi connectivity index (χ4n) is 1.37. The van der Waals surface area contributed by atoms with E-state index in [9.17, 15) is 0 Å². The van der Waals surface area contributed by atoms with Crippen molar-refractivity contribution in [2.75, 3.05) is 0 Å². The van der Waals surface area contributed by atoms with Crippen LogP contribution in [0.15, 0.2) is 22.4 Å². The van der Waals surface area contributed by atoms with E-state index in [1.807, 2.05) is 13.8 Å². The van der Waals surface area contributed by atoms with Gasteiger partial charge in [-0.3, -0.25) is 0 Å². The Bertz CT molecular complexity index is 299. The van der Waals surface area contributed by atoms with Crippen LogP contribution in [0.2, 0.25) is 0 Å². The molecule has 0 heterocycles. The quantitative estimate of drug-likeness (QED) is 0.426. The Kier molecular flexibility index (Phi) is 6.78. The van der Waals surface area contributed by atoms with Crippen LogP contribution in [0.1, 0.15) is 54.4 Å². The van der Waals surface area contributed by atoms with Crippen molar-refractivity contribution in [2.45, 2.75) is 59.9 Å². The van der Waals surface area contributed by atoms with Crippen LogP contribution in [0, 0.1) is 5.92 Å². The molecule has 3 heteroatoms. The van der Waals surface area contributed by atoms with E-state index in [0.29, 0.717) is 0 Å². The van der Waals surface area contributed by atoms with Crippen LogP contribution < -0.4 is 5.32 Å². The van der Waals surface area contributed by atoms with Crippen molar-refractivity contribution < 1.29 is 0 Å². The molecule has 0 aliphatic carbocycles. The van der Waals surface area contributed by atoms with E-state index in [2.05, 4.69) is 49.8 Å². The Morgan fingerprint density at radius 3 is 2.41 bits per heavy atom. The van der Waals surface area contributed by atoms with Crippen molar-refractivity contribution >= 4 is 12.1 Å². The molecule has 0 aliphatic rings. The van der Waals surface area contributed by atoms with Gasteiger partial charge in [-0.05, 0) is 52.0 Å². The molecule has 17 heavy (non-hydrogen) atoms. The molecule has 0 spiro atoms. The molecule has 0 aromatic heterocycles. The molecule has 3 nitrogen and oxygen atoms in total. The van der Waals surface area contributed by atoms with Crippen molar-refractivity contribution in [1.29, 1.82) is 0 Å². The van der Waals surface area contributed by atoms with Gasteiger partial charge in [0.05, 0.1) is 0 Å². The van der Waals surface area contributed by atoms with Gasteiger partial charge in [0.2, 0.25) is 0 Å². The number of rotatable bonds is 6. The van der Waals surface area contributed by atoms with Crippen molar-refractivity contribution in [3.8, 4) is 0 Å². The van der Waals surface area contributed by atoms with Gasteiger partial charge in [0.15, 0.2) is 5.84 Å². The molecular weight excluding hydrogens is 210 g/mol. The van der Waals surface area contributed by atoms with Crippen LogP contribution in [0.25, 0.3) is 0 Å². The van der Waals surface area contributed by atoms with E-state index in [1.54, 1.807) is 6.21 Å². The Morgan fingerprint density at radius 1 is 1.41 bits per heavy atom. The van der Waals surface area contributed by atoms with E-state index in [1.165, 1.54) is 6.42 Å². The molecule has 0 aromatic carbocycles. The van der Waals surface area contributed by atoms with Crippen LogP contribution in [0.5, 0.6) is 0 Å². The minimum absolute atomic E-state index is 0.0192. The molecule has 0 saturated carbocycles. The first kappa shape index (κ1) is 15.9. The molecule has 0 fully saturated rings. The van der Waals surface area contributed by atoms with Crippen molar-refractivity contribution in [3.63, 3.8) is 0 Å². The summed E-state index contributed by atoms with van der Waals surface area (Å²) in [5.41, 5.74) is 0.930. The third kappa shape index (κ3) is 7.72. The molecule has 98 valence electrons. The van der Waals surface area contributed by atoms with Gasteiger partial charge in [0.25, 0.3) is 0 Å². The SMILES string of the molecule is C=C(C)/C(=N/N=C\C)NC(C)(C)CCC(C)C. The number of nitrogens with zero attached hydrogens (tertiary/aromatic N) is 2. The number of hydrogen-bond acceptors (Lipinski definition) is 2. The number of amidine groups is 1. The zero-order valence-electron chi connectivity index (χ0n) is 12.2. The Balaban J connectivity index is 4.58. The fraction of sp³-hybridized carbons (Fsp3) is 0.714. The van der Waals surface area contributed by atoms with E-state index in [4.69, 9.17) is 0 Å². The molecule has 1 N–H and O–H groups in total. The molecule has 0 radical (unpaired) electrons. The van der Waals surface area contributed by atoms with Gasteiger partial charge in [0, 0.05) is 11.8 Å². The lowest BCUT2D eigenvalue weighted by atomic mass is 9.93. The number of hydrogen-bond donors (Lipinski definition) is 1. The average Bonchev–Trinajstić information content (AvgIpc) is 2.21. The van der Waals surface area contributed by atoms with Gasteiger partial charge >= 0.3 is 0 Å². The second-order valence-corrected chi connectivity index (χ2v) is 5.54. The van der Waals surface area contributed by atoms with Crippen LogP contribution in [0.3, 0.4) is 0 Å². The minimum Gasteiger partial charge on any atom is -0.364 e. The first-order chi connectivity index (χ1) is 7.78. The summed E-state index contributed by atoms with van der Waals surface area (Å²) in [5, 5.41) is 11.5. The van der Waals surface area contributed by atoms with E-state index in [0.717, 1.165) is 23.7 Å². The summed E-state index contributed by atoms with van der Waals surface area (Å²) >= 11 is 0. The summed E-state index contributed by atoms with van der Waals surface area (Å²) in [7, 11) is 0. The monoisotopic (exact) mass is 237 g/mol. The highest BCUT2D eigenvalue weighted by Gasteiger charge is 2.19. The molecule has 0 rings (SSSR count). The first-order valence-electron chi connectivity index (χ1n) is 6.28. The van der Waals surface area contributed by atoms with E-state index < -0.39 is 0 Å². The van der Waals surface area contributed by atoms with Gasteiger partial charge in [-0.25, -0.2) is 0 Å². The van der Waals surface area contributed by atoms with Crippen molar-refractivity contribution in [3.05, 3.63) is 12.2 Å². The van der Waals surface area contributed by atoms with Crippen LogP contribution >= 0.6 is 0 Å². The van der Waals surface area contributed by atoms with E-state index >= 15 is 0 Å². The maximum absolute atomic E-state index is 4.13. The fourth-order valence-corrected chi connectivity index (χ4v) is 1.37. The smallest absolute Gasteiger partial charge is 0.151 e. The van der Waals surface area contributed by atoms with Crippen molar-refractivity contribution in [2.24, 2.45) is 16.1 Å². The topological polar surface area (TPSA) is 36.8 Å².